The molecule has 0 aliphatic rings. The summed E-state index contributed by atoms with van der Waals surface area (Å²) in [6, 6.07) is 4.72. The minimum atomic E-state index is -1.47. The van der Waals surface area contributed by atoms with E-state index in [1.54, 1.807) is 18.3 Å². The first-order chi connectivity index (χ1) is 9.00. The zero-order valence-corrected chi connectivity index (χ0v) is 10.3. The molecular formula is C12H16N2O5. The van der Waals surface area contributed by atoms with Crippen molar-refractivity contribution in [3.63, 3.8) is 0 Å². The zero-order valence-electron chi connectivity index (χ0n) is 10.3. The maximum atomic E-state index is 11.4. The van der Waals surface area contributed by atoms with E-state index in [2.05, 4.69) is 5.32 Å². The van der Waals surface area contributed by atoms with Gasteiger partial charge in [-0.05, 0) is 6.07 Å². The number of hydrogen-bond donors (Lipinski definition) is 3. The van der Waals surface area contributed by atoms with Gasteiger partial charge in [-0.1, -0.05) is 6.07 Å². The van der Waals surface area contributed by atoms with Crippen molar-refractivity contribution in [2.24, 2.45) is 0 Å². The number of aliphatic hydroxyl groups excluding tert-OH is 1. The number of carboxylic acids is 1. The van der Waals surface area contributed by atoms with Gasteiger partial charge in [-0.25, -0.2) is 4.79 Å². The summed E-state index contributed by atoms with van der Waals surface area (Å²) < 4.78 is 1.41. The van der Waals surface area contributed by atoms with E-state index in [0.717, 1.165) is 0 Å². The maximum Gasteiger partial charge on any atom is 0.332 e. The Morgan fingerprint density at radius 3 is 2.74 bits per heavy atom. The zero-order chi connectivity index (χ0) is 14.3. The number of carbonyl (C=O) groups is 2. The highest BCUT2D eigenvalue weighted by atomic mass is 16.4. The number of pyridine rings is 1. The first-order valence-corrected chi connectivity index (χ1v) is 5.83. The van der Waals surface area contributed by atoms with E-state index >= 15 is 0 Å². The molecule has 0 spiro atoms. The van der Waals surface area contributed by atoms with Crippen molar-refractivity contribution in [1.29, 1.82) is 0 Å². The van der Waals surface area contributed by atoms with Crippen LogP contribution in [0.25, 0.3) is 0 Å². The summed E-state index contributed by atoms with van der Waals surface area (Å²) in [6.45, 7) is 0.336. The molecule has 1 unspecified atom stereocenters. The van der Waals surface area contributed by atoms with Crippen LogP contribution in [0.15, 0.2) is 29.2 Å². The highest BCUT2D eigenvalue weighted by molar-refractivity contribution is 5.76. The van der Waals surface area contributed by atoms with E-state index in [1.807, 2.05) is 0 Å². The Labute approximate surface area is 109 Å². The SMILES string of the molecule is O=C(CCn1ccccc1=O)NCCC(O)C(=O)O. The average Bonchev–Trinajstić information content (AvgIpc) is 2.37. The van der Waals surface area contributed by atoms with Crippen LogP contribution >= 0.6 is 0 Å². The van der Waals surface area contributed by atoms with Crippen LogP contribution in [0.5, 0.6) is 0 Å². The molecule has 0 bridgehead atoms. The Morgan fingerprint density at radius 1 is 1.37 bits per heavy atom. The van der Waals surface area contributed by atoms with E-state index < -0.39 is 12.1 Å². The van der Waals surface area contributed by atoms with E-state index in [0.29, 0.717) is 0 Å². The number of nitrogens with one attached hydrogen (secondary N) is 1. The molecule has 19 heavy (non-hydrogen) atoms. The minimum Gasteiger partial charge on any atom is -0.479 e. The Hall–Kier alpha value is -2.15. The Bertz CT molecular complexity index is 497. The van der Waals surface area contributed by atoms with Crippen molar-refractivity contribution in [3.05, 3.63) is 34.7 Å². The quantitative estimate of drug-likeness (QED) is 0.599. The molecule has 0 aromatic carbocycles. The number of carbonyl (C=O) groups excluding carboxylic acids is 1. The van der Waals surface area contributed by atoms with E-state index in [1.165, 1.54) is 10.6 Å². The summed E-state index contributed by atoms with van der Waals surface area (Å²) >= 11 is 0. The standard InChI is InChI=1S/C12H16N2O5/c15-9(12(18)19)4-6-13-10(16)5-8-14-7-2-1-3-11(14)17/h1-3,7,9,15H,4-6,8H2,(H,13,16)(H,18,19). The molecule has 0 radical (unpaired) electrons. The van der Waals surface area contributed by atoms with Crippen LogP contribution < -0.4 is 10.9 Å². The second-order valence-electron chi connectivity index (χ2n) is 3.97. The number of hydrogen-bond acceptors (Lipinski definition) is 4. The molecule has 104 valence electrons. The second kappa shape index (κ2) is 7.32. The molecule has 1 rings (SSSR count). The van der Waals surface area contributed by atoms with Crippen LogP contribution in [0.1, 0.15) is 12.8 Å². The van der Waals surface area contributed by atoms with Gasteiger partial charge in [0, 0.05) is 38.2 Å². The highest BCUT2D eigenvalue weighted by Gasteiger charge is 2.12. The van der Waals surface area contributed by atoms with Crippen molar-refractivity contribution < 1.29 is 19.8 Å². The van der Waals surface area contributed by atoms with Crippen molar-refractivity contribution in [1.82, 2.24) is 9.88 Å². The largest absolute Gasteiger partial charge is 0.479 e. The Kier molecular flexibility index (Phi) is 5.74. The summed E-state index contributed by atoms with van der Waals surface area (Å²) in [5, 5.41) is 19.9. The predicted octanol–water partition coefficient (Wildman–Crippen LogP) is -0.810. The number of rotatable bonds is 7. The summed E-state index contributed by atoms with van der Waals surface area (Å²) in [7, 11) is 0. The molecule has 0 saturated carbocycles. The lowest BCUT2D eigenvalue weighted by Gasteiger charge is -2.08. The van der Waals surface area contributed by atoms with Crippen LogP contribution in [0.3, 0.4) is 0 Å². The molecule has 3 N–H and O–H groups in total. The second-order valence-corrected chi connectivity index (χ2v) is 3.97. The van der Waals surface area contributed by atoms with Gasteiger partial charge in [0.25, 0.3) is 5.56 Å². The summed E-state index contributed by atoms with van der Waals surface area (Å²) in [6.07, 6.45) is 0.181. The number of nitrogens with zero attached hydrogens (tertiary/aromatic N) is 1. The fourth-order valence-electron chi connectivity index (χ4n) is 1.43. The summed E-state index contributed by atoms with van der Waals surface area (Å²) in [5.41, 5.74) is -0.184. The smallest absolute Gasteiger partial charge is 0.332 e. The van der Waals surface area contributed by atoms with Gasteiger partial charge in [-0.15, -0.1) is 0 Å². The van der Waals surface area contributed by atoms with E-state index in [9.17, 15) is 14.4 Å². The van der Waals surface area contributed by atoms with Gasteiger partial charge in [0.15, 0.2) is 6.10 Å². The highest BCUT2D eigenvalue weighted by Crippen LogP contribution is 1.91. The number of amides is 1. The molecule has 7 heteroatoms. The molecule has 1 amide bonds. The van der Waals surface area contributed by atoms with Crippen molar-refractivity contribution >= 4 is 11.9 Å². The third kappa shape index (κ3) is 5.35. The number of aliphatic hydroxyl groups is 1. The lowest BCUT2D eigenvalue weighted by molar-refractivity contribution is -0.147. The fraction of sp³-hybridized carbons (Fsp3) is 0.417. The molecule has 1 atom stereocenters. The third-order valence-electron chi connectivity index (χ3n) is 2.50. The third-order valence-corrected chi connectivity index (χ3v) is 2.50. The van der Waals surface area contributed by atoms with Crippen LogP contribution in [0.2, 0.25) is 0 Å². The predicted molar refractivity (Wildman–Crippen MR) is 66.6 cm³/mol. The van der Waals surface area contributed by atoms with Crippen LogP contribution in [-0.2, 0) is 16.1 Å². The topological polar surface area (TPSA) is 109 Å². The Balaban J connectivity index is 2.27. The number of aliphatic carboxylic acids is 1. The van der Waals surface area contributed by atoms with Gasteiger partial charge < -0.3 is 20.1 Å². The summed E-state index contributed by atoms with van der Waals surface area (Å²) in [4.78, 5) is 33.1. The lowest BCUT2D eigenvalue weighted by atomic mass is 10.2. The van der Waals surface area contributed by atoms with Gasteiger partial charge >= 0.3 is 5.97 Å². The van der Waals surface area contributed by atoms with Crippen molar-refractivity contribution in [2.75, 3.05) is 6.54 Å². The normalized spacial score (nSPS) is 11.8. The lowest BCUT2D eigenvalue weighted by Crippen LogP contribution is -2.31. The maximum absolute atomic E-state index is 11.4. The van der Waals surface area contributed by atoms with Gasteiger partial charge in [0.2, 0.25) is 5.91 Å². The van der Waals surface area contributed by atoms with Gasteiger partial charge in [-0.3, -0.25) is 9.59 Å². The van der Waals surface area contributed by atoms with Crippen LogP contribution in [-0.4, -0.2) is 39.3 Å². The van der Waals surface area contributed by atoms with Gasteiger partial charge in [0.1, 0.15) is 0 Å². The molecule has 0 saturated heterocycles. The first kappa shape index (κ1) is 14.9. The van der Waals surface area contributed by atoms with E-state index in [-0.39, 0.29) is 37.4 Å². The molecular weight excluding hydrogens is 252 g/mol. The molecule has 0 aliphatic carbocycles. The van der Waals surface area contributed by atoms with Crippen LogP contribution in [0.4, 0.5) is 0 Å². The van der Waals surface area contributed by atoms with Gasteiger partial charge in [0.05, 0.1) is 0 Å². The van der Waals surface area contributed by atoms with Crippen molar-refractivity contribution in [2.45, 2.75) is 25.5 Å². The van der Waals surface area contributed by atoms with Crippen LogP contribution in [0, 0.1) is 0 Å². The number of aromatic nitrogens is 1. The number of aryl methyl sites for hydroxylation is 1. The van der Waals surface area contributed by atoms with E-state index in [4.69, 9.17) is 10.2 Å². The monoisotopic (exact) mass is 268 g/mol. The minimum absolute atomic E-state index is 0.0492. The number of carboxylic acid groups (broad SMARTS) is 1. The fourth-order valence-corrected chi connectivity index (χ4v) is 1.43. The molecule has 1 aromatic heterocycles. The molecule has 7 nitrogen and oxygen atoms in total. The molecule has 0 aliphatic heterocycles. The molecule has 1 heterocycles. The Morgan fingerprint density at radius 2 is 2.11 bits per heavy atom. The molecule has 0 fully saturated rings. The average molecular weight is 268 g/mol. The molecule has 1 aromatic rings. The van der Waals surface area contributed by atoms with Crippen molar-refractivity contribution in [3.8, 4) is 0 Å². The summed E-state index contributed by atoms with van der Waals surface area (Å²) in [5.74, 6) is -1.61. The van der Waals surface area contributed by atoms with Gasteiger partial charge in [-0.2, -0.15) is 0 Å². The first-order valence-electron chi connectivity index (χ1n) is 5.83.